The second-order valence-corrected chi connectivity index (χ2v) is 5.03. The van der Waals surface area contributed by atoms with Crippen LogP contribution in [0.15, 0.2) is 85.2 Å². The van der Waals surface area contributed by atoms with E-state index in [-0.39, 0.29) is 5.91 Å². The summed E-state index contributed by atoms with van der Waals surface area (Å²) < 4.78 is 0. The van der Waals surface area contributed by atoms with E-state index in [1.807, 2.05) is 72.8 Å². The molecule has 3 heteroatoms. The van der Waals surface area contributed by atoms with Crippen molar-refractivity contribution in [2.45, 2.75) is 0 Å². The Morgan fingerprint density at radius 2 is 1.57 bits per heavy atom. The lowest BCUT2D eigenvalue weighted by Crippen LogP contribution is -2.13. The van der Waals surface area contributed by atoms with Crippen LogP contribution in [0.5, 0.6) is 0 Å². The summed E-state index contributed by atoms with van der Waals surface area (Å²) in [7, 11) is 0. The molecule has 0 atom stereocenters. The van der Waals surface area contributed by atoms with E-state index in [1.165, 1.54) is 0 Å². The van der Waals surface area contributed by atoms with Crippen molar-refractivity contribution in [3.8, 4) is 0 Å². The summed E-state index contributed by atoms with van der Waals surface area (Å²) in [6.07, 6.45) is 5.19. The SMILES string of the molecule is O=C(Nc1cccnc1)C(=Cc1ccccc1)c1ccccc1. The van der Waals surface area contributed by atoms with Crippen LogP contribution in [-0.2, 0) is 4.79 Å². The maximum absolute atomic E-state index is 12.7. The van der Waals surface area contributed by atoms with Gasteiger partial charge in [0.25, 0.3) is 5.91 Å². The number of hydrogen-bond acceptors (Lipinski definition) is 2. The van der Waals surface area contributed by atoms with Gasteiger partial charge >= 0.3 is 0 Å². The zero-order chi connectivity index (χ0) is 15.9. The number of nitrogens with one attached hydrogen (secondary N) is 1. The van der Waals surface area contributed by atoms with Crippen LogP contribution < -0.4 is 5.32 Å². The number of aromatic nitrogens is 1. The lowest BCUT2D eigenvalue weighted by molar-refractivity contribution is -0.111. The Kier molecular flexibility index (Phi) is 4.60. The summed E-state index contributed by atoms with van der Waals surface area (Å²) >= 11 is 0. The first-order chi connectivity index (χ1) is 11.3. The van der Waals surface area contributed by atoms with Gasteiger partial charge in [0.1, 0.15) is 0 Å². The zero-order valence-corrected chi connectivity index (χ0v) is 12.5. The number of hydrogen-bond donors (Lipinski definition) is 1. The molecule has 3 rings (SSSR count). The maximum atomic E-state index is 12.7. The molecule has 1 aromatic heterocycles. The van der Waals surface area contributed by atoms with Gasteiger partial charge in [0, 0.05) is 11.8 Å². The number of rotatable bonds is 4. The van der Waals surface area contributed by atoms with Crippen LogP contribution in [0.4, 0.5) is 5.69 Å². The van der Waals surface area contributed by atoms with Gasteiger partial charge in [-0.15, -0.1) is 0 Å². The summed E-state index contributed by atoms with van der Waals surface area (Å²) in [5.74, 6) is -0.159. The van der Waals surface area contributed by atoms with E-state index in [1.54, 1.807) is 18.5 Å². The Hall–Kier alpha value is -3.20. The van der Waals surface area contributed by atoms with Crippen LogP contribution in [-0.4, -0.2) is 10.9 Å². The standard InChI is InChI=1S/C20H16N2O/c23-20(22-18-12-7-13-21-15-18)19(17-10-5-2-6-11-17)14-16-8-3-1-4-9-16/h1-15H,(H,22,23). The number of carbonyl (C=O) groups excluding carboxylic acids is 1. The van der Waals surface area contributed by atoms with Crippen LogP contribution in [0.2, 0.25) is 0 Å². The molecule has 112 valence electrons. The quantitative estimate of drug-likeness (QED) is 0.578. The predicted molar refractivity (Wildman–Crippen MR) is 93.6 cm³/mol. The molecule has 0 aliphatic rings. The second-order valence-electron chi connectivity index (χ2n) is 5.03. The Balaban J connectivity index is 1.95. The third kappa shape index (κ3) is 3.92. The first-order valence-electron chi connectivity index (χ1n) is 7.36. The monoisotopic (exact) mass is 300 g/mol. The first-order valence-corrected chi connectivity index (χ1v) is 7.36. The Labute approximate surface area is 135 Å². The molecule has 0 unspecified atom stereocenters. The van der Waals surface area contributed by atoms with Gasteiger partial charge in [-0.2, -0.15) is 0 Å². The van der Waals surface area contributed by atoms with Crippen molar-refractivity contribution in [1.29, 1.82) is 0 Å². The molecule has 3 aromatic rings. The average molecular weight is 300 g/mol. The lowest BCUT2D eigenvalue weighted by atomic mass is 10.0. The van der Waals surface area contributed by atoms with E-state index in [4.69, 9.17) is 0 Å². The molecule has 0 aliphatic carbocycles. The molecule has 1 N–H and O–H groups in total. The number of amides is 1. The van der Waals surface area contributed by atoms with Gasteiger partial charge in [0.2, 0.25) is 0 Å². The Morgan fingerprint density at radius 1 is 0.870 bits per heavy atom. The van der Waals surface area contributed by atoms with Crippen molar-refractivity contribution in [2.75, 3.05) is 5.32 Å². The molecule has 23 heavy (non-hydrogen) atoms. The lowest BCUT2D eigenvalue weighted by Gasteiger charge is -2.09. The molecule has 1 heterocycles. The normalized spacial score (nSPS) is 11.0. The molecular weight excluding hydrogens is 284 g/mol. The minimum absolute atomic E-state index is 0.159. The molecule has 0 fully saturated rings. The number of anilines is 1. The van der Waals surface area contributed by atoms with E-state index in [2.05, 4.69) is 10.3 Å². The van der Waals surface area contributed by atoms with Gasteiger partial charge in [-0.1, -0.05) is 60.7 Å². The van der Waals surface area contributed by atoms with E-state index < -0.39 is 0 Å². The summed E-state index contributed by atoms with van der Waals surface area (Å²) in [6.45, 7) is 0. The average Bonchev–Trinajstić information content (AvgIpc) is 2.62. The molecule has 2 aromatic carbocycles. The van der Waals surface area contributed by atoms with Crippen LogP contribution >= 0.6 is 0 Å². The van der Waals surface area contributed by atoms with Crippen molar-refractivity contribution < 1.29 is 4.79 Å². The van der Waals surface area contributed by atoms with Gasteiger partial charge in [0.15, 0.2) is 0 Å². The maximum Gasteiger partial charge on any atom is 0.256 e. The fourth-order valence-corrected chi connectivity index (χ4v) is 2.25. The molecule has 0 spiro atoms. The van der Waals surface area contributed by atoms with E-state index in [0.29, 0.717) is 11.3 Å². The summed E-state index contributed by atoms with van der Waals surface area (Å²) in [5.41, 5.74) is 3.14. The smallest absolute Gasteiger partial charge is 0.256 e. The van der Waals surface area contributed by atoms with Gasteiger partial charge in [-0.25, -0.2) is 0 Å². The highest BCUT2D eigenvalue weighted by Crippen LogP contribution is 2.20. The number of benzene rings is 2. The molecule has 0 saturated carbocycles. The molecule has 1 amide bonds. The summed E-state index contributed by atoms with van der Waals surface area (Å²) in [6, 6.07) is 23.0. The highest BCUT2D eigenvalue weighted by atomic mass is 16.1. The third-order valence-electron chi connectivity index (χ3n) is 3.36. The highest BCUT2D eigenvalue weighted by Gasteiger charge is 2.12. The number of nitrogens with zero attached hydrogens (tertiary/aromatic N) is 1. The predicted octanol–water partition coefficient (Wildman–Crippen LogP) is 4.26. The van der Waals surface area contributed by atoms with Gasteiger partial charge in [-0.3, -0.25) is 9.78 Å². The summed E-state index contributed by atoms with van der Waals surface area (Å²) in [4.78, 5) is 16.7. The van der Waals surface area contributed by atoms with Gasteiger partial charge in [0.05, 0.1) is 11.9 Å². The molecular formula is C20H16N2O. The minimum atomic E-state index is -0.159. The zero-order valence-electron chi connectivity index (χ0n) is 12.5. The van der Waals surface area contributed by atoms with Gasteiger partial charge in [-0.05, 0) is 29.3 Å². The number of carbonyl (C=O) groups is 1. The first kappa shape index (κ1) is 14.7. The van der Waals surface area contributed by atoms with Crippen LogP contribution in [0, 0.1) is 0 Å². The Bertz CT molecular complexity index is 797. The molecule has 0 bridgehead atoms. The molecule has 3 nitrogen and oxygen atoms in total. The van der Waals surface area contributed by atoms with Crippen LogP contribution in [0.3, 0.4) is 0 Å². The van der Waals surface area contributed by atoms with Gasteiger partial charge < -0.3 is 5.32 Å². The summed E-state index contributed by atoms with van der Waals surface area (Å²) in [5, 5.41) is 2.89. The second kappa shape index (κ2) is 7.18. The largest absolute Gasteiger partial charge is 0.321 e. The van der Waals surface area contributed by atoms with Crippen molar-refractivity contribution in [1.82, 2.24) is 4.98 Å². The topological polar surface area (TPSA) is 42.0 Å². The minimum Gasteiger partial charge on any atom is -0.321 e. The molecule has 0 radical (unpaired) electrons. The van der Waals surface area contributed by atoms with Crippen molar-refractivity contribution in [2.24, 2.45) is 0 Å². The van der Waals surface area contributed by atoms with Crippen LogP contribution in [0.1, 0.15) is 11.1 Å². The molecule has 0 saturated heterocycles. The third-order valence-corrected chi connectivity index (χ3v) is 3.36. The Morgan fingerprint density at radius 3 is 2.22 bits per heavy atom. The highest BCUT2D eigenvalue weighted by molar-refractivity contribution is 6.29. The fraction of sp³-hybridized carbons (Fsp3) is 0. The van der Waals surface area contributed by atoms with Crippen molar-refractivity contribution >= 4 is 23.2 Å². The fourth-order valence-electron chi connectivity index (χ4n) is 2.25. The van der Waals surface area contributed by atoms with E-state index in [9.17, 15) is 4.79 Å². The van der Waals surface area contributed by atoms with Crippen LogP contribution in [0.25, 0.3) is 11.6 Å². The number of pyridine rings is 1. The van der Waals surface area contributed by atoms with E-state index >= 15 is 0 Å². The van der Waals surface area contributed by atoms with Crippen molar-refractivity contribution in [3.63, 3.8) is 0 Å². The van der Waals surface area contributed by atoms with Crippen molar-refractivity contribution in [3.05, 3.63) is 96.3 Å². The van der Waals surface area contributed by atoms with E-state index in [0.717, 1.165) is 11.1 Å². The molecule has 0 aliphatic heterocycles.